The van der Waals surface area contributed by atoms with Crippen molar-refractivity contribution in [3.8, 4) is 0 Å². The molecule has 120 valence electrons. The van der Waals surface area contributed by atoms with Gasteiger partial charge in [-0.25, -0.2) is 4.79 Å². The quantitative estimate of drug-likeness (QED) is 0.838. The number of amides is 2. The van der Waals surface area contributed by atoms with Crippen molar-refractivity contribution in [3.05, 3.63) is 0 Å². The Morgan fingerprint density at radius 1 is 1.24 bits per heavy atom. The highest BCUT2D eigenvalue weighted by Gasteiger charge is 2.29. The Morgan fingerprint density at radius 3 is 2.62 bits per heavy atom. The van der Waals surface area contributed by atoms with Gasteiger partial charge in [0.1, 0.15) is 0 Å². The fraction of sp³-hybridized carbons (Fsp3) is 0.867. The molecule has 2 saturated heterocycles. The van der Waals surface area contributed by atoms with E-state index < -0.39 is 5.97 Å². The Labute approximate surface area is 126 Å². The van der Waals surface area contributed by atoms with E-state index in [4.69, 9.17) is 9.84 Å². The summed E-state index contributed by atoms with van der Waals surface area (Å²) in [7, 11) is 1.86. The summed E-state index contributed by atoms with van der Waals surface area (Å²) >= 11 is 0. The molecule has 0 spiro atoms. The first-order chi connectivity index (χ1) is 10.1. The molecule has 2 aliphatic heterocycles. The van der Waals surface area contributed by atoms with Crippen LogP contribution in [0.5, 0.6) is 0 Å². The van der Waals surface area contributed by atoms with Crippen molar-refractivity contribution in [1.82, 2.24) is 9.80 Å². The zero-order valence-corrected chi connectivity index (χ0v) is 12.8. The van der Waals surface area contributed by atoms with Gasteiger partial charge in [-0.3, -0.25) is 4.79 Å². The van der Waals surface area contributed by atoms with E-state index in [1.807, 2.05) is 16.8 Å². The van der Waals surface area contributed by atoms with E-state index in [2.05, 4.69) is 0 Å². The van der Waals surface area contributed by atoms with Gasteiger partial charge in [-0.2, -0.15) is 0 Å². The second kappa shape index (κ2) is 7.64. The average Bonchev–Trinajstić information content (AvgIpc) is 2.94. The molecule has 1 N–H and O–H groups in total. The minimum atomic E-state index is -0.753. The molecular weight excluding hydrogens is 272 g/mol. The third-order valence-corrected chi connectivity index (χ3v) is 4.52. The van der Waals surface area contributed by atoms with E-state index in [0.717, 1.165) is 45.6 Å². The molecule has 0 bridgehead atoms. The predicted molar refractivity (Wildman–Crippen MR) is 78.1 cm³/mol. The maximum absolute atomic E-state index is 12.4. The number of carboxylic acids is 1. The average molecular weight is 298 g/mol. The lowest BCUT2D eigenvalue weighted by atomic mass is 10.00. The van der Waals surface area contributed by atoms with Crippen LogP contribution in [0.4, 0.5) is 4.79 Å². The van der Waals surface area contributed by atoms with Crippen LogP contribution in [0.3, 0.4) is 0 Å². The molecule has 21 heavy (non-hydrogen) atoms. The standard InChI is InChI=1S/C15H26N2O4/c1-16(10-13-5-8-21-9-6-13)15(20)17-7-4-12(11-17)2-3-14(18)19/h12-13H,2-11H2,1H3,(H,18,19). The van der Waals surface area contributed by atoms with Crippen molar-refractivity contribution in [2.75, 3.05) is 39.9 Å². The fourth-order valence-corrected chi connectivity index (χ4v) is 3.21. The first kappa shape index (κ1) is 16.1. The SMILES string of the molecule is CN(CC1CCOCC1)C(=O)N1CCC(CCC(=O)O)C1. The summed E-state index contributed by atoms with van der Waals surface area (Å²) in [4.78, 5) is 26.7. The molecule has 0 aromatic carbocycles. The molecule has 2 amide bonds. The van der Waals surface area contributed by atoms with Gasteiger partial charge in [0.05, 0.1) is 0 Å². The van der Waals surface area contributed by atoms with Crippen molar-refractivity contribution < 1.29 is 19.4 Å². The Kier molecular flexibility index (Phi) is 5.85. The molecular formula is C15H26N2O4. The van der Waals surface area contributed by atoms with Crippen LogP contribution in [0.2, 0.25) is 0 Å². The highest BCUT2D eigenvalue weighted by molar-refractivity contribution is 5.74. The van der Waals surface area contributed by atoms with Crippen molar-refractivity contribution in [2.45, 2.75) is 32.1 Å². The molecule has 0 aromatic rings. The lowest BCUT2D eigenvalue weighted by Crippen LogP contribution is -2.42. The first-order valence-electron chi connectivity index (χ1n) is 7.86. The van der Waals surface area contributed by atoms with Gasteiger partial charge in [-0.1, -0.05) is 0 Å². The van der Waals surface area contributed by atoms with Crippen LogP contribution in [0.15, 0.2) is 0 Å². The molecule has 0 aromatic heterocycles. The number of ether oxygens (including phenoxy) is 1. The number of carbonyl (C=O) groups excluding carboxylic acids is 1. The molecule has 2 aliphatic rings. The monoisotopic (exact) mass is 298 g/mol. The Balaban J connectivity index is 1.73. The number of aliphatic carboxylic acids is 1. The fourth-order valence-electron chi connectivity index (χ4n) is 3.21. The second-order valence-corrected chi connectivity index (χ2v) is 6.25. The van der Waals surface area contributed by atoms with Gasteiger partial charge in [0.2, 0.25) is 0 Å². The molecule has 0 saturated carbocycles. The number of hydrogen-bond donors (Lipinski definition) is 1. The summed E-state index contributed by atoms with van der Waals surface area (Å²) < 4.78 is 5.34. The Hall–Kier alpha value is -1.30. The van der Waals surface area contributed by atoms with E-state index in [9.17, 15) is 9.59 Å². The number of carboxylic acid groups (broad SMARTS) is 1. The van der Waals surface area contributed by atoms with E-state index in [-0.39, 0.29) is 12.5 Å². The third kappa shape index (κ3) is 4.88. The highest BCUT2D eigenvalue weighted by Crippen LogP contribution is 2.23. The number of urea groups is 1. The summed E-state index contributed by atoms with van der Waals surface area (Å²) in [6.45, 7) is 3.84. The third-order valence-electron chi connectivity index (χ3n) is 4.52. The highest BCUT2D eigenvalue weighted by atomic mass is 16.5. The first-order valence-corrected chi connectivity index (χ1v) is 7.86. The van der Waals surface area contributed by atoms with Crippen molar-refractivity contribution >= 4 is 12.0 Å². The molecule has 2 rings (SSSR count). The smallest absolute Gasteiger partial charge is 0.319 e. The molecule has 0 radical (unpaired) electrons. The summed E-state index contributed by atoms with van der Waals surface area (Å²) in [6.07, 6.45) is 3.84. The van der Waals surface area contributed by atoms with E-state index in [1.54, 1.807) is 0 Å². The predicted octanol–water partition coefficient (Wildman–Crippen LogP) is 1.65. The number of hydrogen-bond acceptors (Lipinski definition) is 3. The van der Waals surface area contributed by atoms with Gasteiger partial charge in [0.15, 0.2) is 0 Å². The summed E-state index contributed by atoms with van der Waals surface area (Å²) in [5.74, 6) is 0.121. The lowest BCUT2D eigenvalue weighted by molar-refractivity contribution is -0.137. The normalized spacial score (nSPS) is 23.3. The summed E-state index contributed by atoms with van der Waals surface area (Å²) in [5, 5.41) is 8.72. The zero-order chi connectivity index (χ0) is 15.2. The van der Waals surface area contributed by atoms with Crippen LogP contribution in [-0.2, 0) is 9.53 Å². The van der Waals surface area contributed by atoms with Gasteiger partial charge in [0, 0.05) is 46.3 Å². The molecule has 0 aliphatic carbocycles. The van der Waals surface area contributed by atoms with Crippen molar-refractivity contribution in [3.63, 3.8) is 0 Å². The molecule has 2 fully saturated rings. The number of likely N-dealkylation sites (tertiary alicyclic amines) is 1. The van der Waals surface area contributed by atoms with Crippen LogP contribution < -0.4 is 0 Å². The second-order valence-electron chi connectivity index (χ2n) is 6.25. The topological polar surface area (TPSA) is 70.1 Å². The molecule has 6 nitrogen and oxygen atoms in total. The minimum absolute atomic E-state index is 0.0827. The van der Waals surface area contributed by atoms with E-state index in [1.165, 1.54) is 0 Å². The van der Waals surface area contributed by atoms with Gasteiger partial charge in [-0.15, -0.1) is 0 Å². The minimum Gasteiger partial charge on any atom is -0.481 e. The number of nitrogens with zero attached hydrogens (tertiary/aromatic N) is 2. The number of rotatable bonds is 5. The van der Waals surface area contributed by atoms with Crippen LogP contribution in [-0.4, -0.2) is 66.8 Å². The van der Waals surface area contributed by atoms with Crippen LogP contribution >= 0.6 is 0 Å². The lowest BCUT2D eigenvalue weighted by Gasteiger charge is -2.30. The summed E-state index contributed by atoms with van der Waals surface area (Å²) in [5.41, 5.74) is 0. The van der Waals surface area contributed by atoms with Gasteiger partial charge < -0.3 is 19.6 Å². The summed E-state index contributed by atoms with van der Waals surface area (Å²) in [6, 6.07) is 0.0827. The van der Waals surface area contributed by atoms with Crippen molar-refractivity contribution in [2.24, 2.45) is 11.8 Å². The molecule has 6 heteroatoms. The van der Waals surface area contributed by atoms with Crippen LogP contribution in [0.1, 0.15) is 32.1 Å². The van der Waals surface area contributed by atoms with Crippen LogP contribution in [0.25, 0.3) is 0 Å². The number of carbonyl (C=O) groups is 2. The van der Waals surface area contributed by atoms with Gasteiger partial charge >= 0.3 is 12.0 Å². The largest absolute Gasteiger partial charge is 0.481 e. The van der Waals surface area contributed by atoms with E-state index >= 15 is 0 Å². The molecule has 2 heterocycles. The van der Waals surface area contributed by atoms with Gasteiger partial charge in [-0.05, 0) is 37.5 Å². The molecule has 1 atom stereocenters. The Bertz CT molecular complexity index is 369. The maximum Gasteiger partial charge on any atom is 0.319 e. The zero-order valence-electron chi connectivity index (χ0n) is 12.8. The Morgan fingerprint density at radius 2 is 1.95 bits per heavy atom. The van der Waals surface area contributed by atoms with Gasteiger partial charge in [0.25, 0.3) is 0 Å². The van der Waals surface area contributed by atoms with E-state index in [0.29, 0.717) is 24.8 Å². The van der Waals surface area contributed by atoms with Crippen LogP contribution in [0, 0.1) is 11.8 Å². The van der Waals surface area contributed by atoms with Crippen molar-refractivity contribution in [1.29, 1.82) is 0 Å². The molecule has 1 unspecified atom stereocenters. The maximum atomic E-state index is 12.4.